The lowest BCUT2D eigenvalue weighted by molar-refractivity contribution is -0.125. The summed E-state index contributed by atoms with van der Waals surface area (Å²) in [4.78, 5) is 0. The highest BCUT2D eigenvalue weighted by Crippen LogP contribution is 2.14. The summed E-state index contributed by atoms with van der Waals surface area (Å²) in [6.07, 6.45) is 1.86. The first kappa shape index (κ1) is 10.7. The predicted octanol–water partition coefficient (Wildman–Crippen LogP) is 2.02. The van der Waals surface area contributed by atoms with Crippen molar-refractivity contribution in [3.63, 3.8) is 0 Å². The summed E-state index contributed by atoms with van der Waals surface area (Å²) in [7, 11) is 3.27. The topological polar surface area (TPSA) is 18.5 Å². The summed E-state index contributed by atoms with van der Waals surface area (Å²) >= 11 is 0. The predicted molar refractivity (Wildman–Crippen MR) is 46.1 cm³/mol. The van der Waals surface area contributed by atoms with Gasteiger partial charge in [-0.3, -0.25) is 0 Å². The van der Waals surface area contributed by atoms with Crippen molar-refractivity contribution in [2.24, 2.45) is 5.92 Å². The van der Waals surface area contributed by atoms with Crippen LogP contribution >= 0.6 is 0 Å². The van der Waals surface area contributed by atoms with Gasteiger partial charge in [0.2, 0.25) is 0 Å². The molecule has 0 fully saturated rings. The zero-order chi connectivity index (χ0) is 8.85. The second kappa shape index (κ2) is 5.33. The number of allylic oxidation sites excluding steroid dienone is 1. The van der Waals surface area contributed by atoms with Crippen LogP contribution in [0.3, 0.4) is 0 Å². The van der Waals surface area contributed by atoms with E-state index in [1.54, 1.807) is 14.2 Å². The van der Waals surface area contributed by atoms with Crippen LogP contribution in [0.5, 0.6) is 0 Å². The number of ether oxygens (including phenoxy) is 2. The monoisotopic (exact) mass is 157 g/mol. The van der Waals surface area contributed by atoms with Crippen LogP contribution < -0.4 is 0 Å². The van der Waals surface area contributed by atoms with Crippen molar-refractivity contribution in [2.45, 2.75) is 20.1 Å². The number of rotatable bonds is 5. The SMILES string of the molecule is C=C(C)[CH]C(C)C(OC)OC. The molecule has 1 atom stereocenters. The first-order valence-corrected chi connectivity index (χ1v) is 3.67. The van der Waals surface area contributed by atoms with Gasteiger partial charge in [0.05, 0.1) is 0 Å². The molecule has 2 nitrogen and oxygen atoms in total. The minimum Gasteiger partial charge on any atom is -0.356 e. The molecule has 0 bridgehead atoms. The zero-order valence-electron chi connectivity index (χ0n) is 7.76. The third kappa shape index (κ3) is 4.17. The van der Waals surface area contributed by atoms with Gasteiger partial charge in [-0.2, -0.15) is 0 Å². The molecular weight excluding hydrogens is 140 g/mol. The van der Waals surface area contributed by atoms with Crippen LogP contribution in [0, 0.1) is 12.3 Å². The van der Waals surface area contributed by atoms with Gasteiger partial charge in [0.25, 0.3) is 0 Å². The standard InChI is InChI=1S/C9H17O2/c1-7(2)6-8(3)9(10-4)11-5/h6,8-9H,1H2,2-5H3. The molecule has 11 heavy (non-hydrogen) atoms. The Labute approximate surface area is 69.2 Å². The molecule has 0 N–H and O–H groups in total. The first-order chi connectivity index (χ1) is 5.11. The molecule has 0 heterocycles. The fourth-order valence-electron chi connectivity index (χ4n) is 1.05. The molecule has 0 spiro atoms. The van der Waals surface area contributed by atoms with E-state index in [2.05, 4.69) is 6.58 Å². The molecule has 1 unspecified atom stereocenters. The summed E-state index contributed by atoms with van der Waals surface area (Å²) in [5, 5.41) is 0. The van der Waals surface area contributed by atoms with E-state index in [9.17, 15) is 0 Å². The van der Waals surface area contributed by atoms with E-state index in [-0.39, 0.29) is 12.2 Å². The van der Waals surface area contributed by atoms with Gasteiger partial charge >= 0.3 is 0 Å². The smallest absolute Gasteiger partial charge is 0.159 e. The van der Waals surface area contributed by atoms with Gasteiger partial charge in [-0.15, -0.1) is 0 Å². The molecule has 2 heteroatoms. The highest BCUT2D eigenvalue weighted by Gasteiger charge is 2.15. The minimum absolute atomic E-state index is 0.160. The van der Waals surface area contributed by atoms with Crippen molar-refractivity contribution in [3.8, 4) is 0 Å². The second-order valence-electron chi connectivity index (χ2n) is 2.71. The summed E-state index contributed by atoms with van der Waals surface area (Å²) < 4.78 is 10.1. The van der Waals surface area contributed by atoms with Crippen molar-refractivity contribution in [2.75, 3.05) is 14.2 Å². The second-order valence-corrected chi connectivity index (χ2v) is 2.71. The van der Waals surface area contributed by atoms with E-state index in [0.29, 0.717) is 0 Å². The Morgan fingerprint density at radius 2 is 1.82 bits per heavy atom. The maximum Gasteiger partial charge on any atom is 0.159 e. The van der Waals surface area contributed by atoms with Gasteiger partial charge in [-0.25, -0.2) is 0 Å². The van der Waals surface area contributed by atoms with Gasteiger partial charge in [-0.05, 0) is 13.3 Å². The fraction of sp³-hybridized carbons (Fsp3) is 0.667. The highest BCUT2D eigenvalue weighted by molar-refractivity contribution is 5.06. The van der Waals surface area contributed by atoms with Crippen LogP contribution in [0.25, 0.3) is 0 Å². The Kier molecular flexibility index (Phi) is 5.16. The maximum absolute atomic E-state index is 5.07. The van der Waals surface area contributed by atoms with Crippen LogP contribution in [-0.4, -0.2) is 20.5 Å². The molecule has 0 amide bonds. The van der Waals surface area contributed by atoms with Gasteiger partial charge in [-0.1, -0.05) is 19.1 Å². The third-order valence-electron chi connectivity index (χ3n) is 1.44. The van der Waals surface area contributed by atoms with Crippen LogP contribution in [0.15, 0.2) is 12.2 Å². The van der Waals surface area contributed by atoms with Gasteiger partial charge in [0, 0.05) is 20.1 Å². The maximum atomic E-state index is 5.07. The Hall–Kier alpha value is -0.340. The van der Waals surface area contributed by atoms with Crippen LogP contribution in [0.1, 0.15) is 13.8 Å². The normalized spacial score (nSPS) is 13.5. The molecule has 0 rings (SSSR count). The van der Waals surface area contributed by atoms with Crippen molar-refractivity contribution in [1.82, 2.24) is 0 Å². The Bertz CT molecular complexity index is 117. The molecule has 0 aromatic rings. The minimum atomic E-state index is -0.160. The molecule has 65 valence electrons. The summed E-state index contributed by atoms with van der Waals surface area (Å²) in [6, 6.07) is 0. The molecule has 0 saturated carbocycles. The van der Waals surface area contributed by atoms with Crippen molar-refractivity contribution in [1.29, 1.82) is 0 Å². The molecule has 0 aliphatic rings. The van der Waals surface area contributed by atoms with E-state index in [0.717, 1.165) is 5.57 Å². The van der Waals surface area contributed by atoms with Crippen molar-refractivity contribution >= 4 is 0 Å². The molecule has 0 aliphatic carbocycles. The average molecular weight is 157 g/mol. The lowest BCUT2D eigenvalue weighted by Crippen LogP contribution is -2.22. The highest BCUT2D eigenvalue weighted by atomic mass is 16.7. The van der Waals surface area contributed by atoms with Crippen LogP contribution in [0.2, 0.25) is 0 Å². The number of methoxy groups -OCH3 is 2. The van der Waals surface area contributed by atoms with Gasteiger partial charge in [0.1, 0.15) is 0 Å². The molecule has 0 aromatic heterocycles. The molecule has 0 aromatic carbocycles. The number of hydrogen-bond donors (Lipinski definition) is 0. The van der Waals surface area contributed by atoms with Crippen LogP contribution in [0.4, 0.5) is 0 Å². The van der Waals surface area contributed by atoms with E-state index in [4.69, 9.17) is 9.47 Å². The largest absolute Gasteiger partial charge is 0.356 e. The fourth-order valence-corrected chi connectivity index (χ4v) is 1.05. The lowest BCUT2D eigenvalue weighted by atomic mass is 10.0. The lowest BCUT2D eigenvalue weighted by Gasteiger charge is -2.20. The van der Waals surface area contributed by atoms with Crippen molar-refractivity contribution < 1.29 is 9.47 Å². The van der Waals surface area contributed by atoms with Crippen molar-refractivity contribution in [3.05, 3.63) is 18.6 Å². The molecule has 0 saturated heterocycles. The van der Waals surface area contributed by atoms with Gasteiger partial charge in [0.15, 0.2) is 6.29 Å². The summed E-state index contributed by atoms with van der Waals surface area (Å²) in [6.45, 7) is 7.77. The zero-order valence-corrected chi connectivity index (χ0v) is 7.76. The molecule has 0 aliphatic heterocycles. The van der Waals surface area contributed by atoms with Gasteiger partial charge < -0.3 is 9.47 Å². The van der Waals surface area contributed by atoms with E-state index in [1.807, 2.05) is 20.3 Å². The first-order valence-electron chi connectivity index (χ1n) is 3.67. The van der Waals surface area contributed by atoms with E-state index < -0.39 is 0 Å². The Balaban J connectivity index is 3.78. The molecule has 1 radical (unpaired) electrons. The molecular formula is C9H17O2. The van der Waals surface area contributed by atoms with Crippen LogP contribution in [-0.2, 0) is 9.47 Å². The summed E-state index contributed by atoms with van der Waals surface area (Å²) in [5.74, 6) is 0.252. The third-order valence-corrected chi connectivity index (χ3v) is 1.44. The quantitative estimate of drug-likeness (QED) is 0.568. The Morgan fingerprint density at radius 3 is 2.09 bits per heavy atom. The number of hydrogen-bond acceptors (Lipinski definition) is 2. The van der Waals surface area contributed by atoms with E-state index in [1.165, 1.54) is 0 Å². The Morgan fingerprint density at radius 1 is 1.36 bits per heavy atom. The average Bonchev–Trinajstić information content (AvgIpc) is 1.88. The summed E-state index contributed by atoms with van der Waals surface area (Å²) in [5.41, 5.74) is 1.04. The van der Waals surface area contributed by atoms with E-state index >= 15 is 0 Å².